The molecule has 2 aromatic rings. The lowest BCUT2D eigenvalue weighted by atomic mass is 10.2. The molecule has 2 aromatic carbocycles. The molecule has 0 bridgehead atoms. The minimum absolute atomic E-state index is 0.0668. The molecule has 0 amide bonds. The number of azo groups is 1. The number of benzene rings is 1. The average Bonchev–Trinajstić information content (AvgIpc) is 2.60. The van der Waals surface area contributed by atoms with E-state index in [4.69, 9.17) is 0 Å². The minimum atomic E-state index is -0.628. The van der Waals surface area contributed by atoms with Crippen molar-refractivity contribution < 1.29 is 9.90 Å². The highest BCUT2D eigenvalue weighted by Gasteiger charge is 2.09. The Hall–Kier alpha value is -2.82. The van der Waals surface area contributed by atoms with Crippen molar-refractivity contribution in [1.82, 2.24) is 0 Å². The number of hydrogen-bond donors (Lipinski definition) is 1. The van der Waals surface area contributed by atoms with Gasteiger partial charge in [-0.1, -0.05) is 17.7 Å². The summed E-state index contributed by atoms with van der Waals surface area (Å²) in [4.78, 5) is 23.0. The fraction of sp³-hybridized carbons (Fsp3) is 0.125. The first-order chi connectivity index (χ1) is 9.97. The molecule has 0 aliphatic carbocycles. The van der Waals surface area contributed by atoms with E-state index in [2.05, 4.69) is 10.2 Å². The van der Waals surface area contributed by atoms with Crippen molar-refractivity contribution in [1.29, 1.82) is 0 Å². The van der Waals surface area contributed by atoms with Crippen molar-refractivity contribution >= 4 is 17.2 Å². The van der Waals surface area contributed by atoms with Gasteiger partial charge in [-0.05, 0) is 44.2 Å². The quantitative estimate of drug-likeness (QED) is 0.689. The number of carbonyl (C=O) groups excluding carboxylic acids is 1. The monoisotopic (exact) mass is 282 g/mol. The third-order valence-electron chi connectivity index (χ3n) is 2.88. The molecule has 0 saturated heterocycles. The van der Waals surface area contributed by atoms with Gasteiger partial charge >= 0.3 is 0 Å². The maximum atomic E-state index is 11.5. The molecule has 5 nitrogen and oxygen atoms in total. The van der Waals surface area contributed by atoms with E-state index in [0.717, 1.165) is 11.6 Å². The van der Waals surface area contributed by atoms with Gasteiger partial charge < -0.3 is 5.11 Å². The number of nitrogens with zero attached hydrogens (tertiary/aromatic N) is 2. The molecule has 0 heterocycles. The number of hydrogen-bond acceptors (Lipinski definition) is 5. The van der Waals surface area contributed by atoms with E-state index in [9.17, 15) is 14.7 Å². The van der Waals surface area contributed by atoms with Crippen LogP contribution >= 0.6 is 0 Å². The molecule has 21 heavy (non-hydrogen) atoms. The summed E-state index contributed by atoms with van der Waals surface area (Å²) in [6.45, 7) is 3.24. The highest BCUT2D eigenvalue weighted by molar-refractivity contribution is 5.97. The summed E-state index contributed by atoms with van der Waals surface area (Å²) in [6.07, 6.45) is 0. The van der Waals surface area contributed by atoms with Crippen molar-refractivity contribution in [3.8, 4) is 5.75 Å². The molecule has 0 aliphatic rings. The second-order valence-electron chi connectivity index (χ2n) is 4.62. The third kappa shape index (κ3) is 3.60. The van der Waals surface area contributed by atoms with Gasteiger partial charge in [0, 0.05) is 0 Å². The lowest BCUT2D eigenvalue weighted by molar-refractivity contribution is 0.101. The molecule has 0 atom stereocenters. The number of Topliss-reactive ketones (excluding diaryl/α,β-unsaturated/α-hetero) is 1. The van der Waals surface area contributed by atoms with Gasteiger partial charge in [0.15, 0.2) is 11.5 Å². The van der Waals surface area contributed by atoms with Crippen molar-refractivity contribution in [2.45, 2.75) is 13.8 Å². The Bertz CT molecular complexity index is 765. The van der Waals surface area contributed by atoms with Gasteiger partial charge in [-0.3, -0.25) is 9.59 Å². The zero-order valence-electron chi connectivity index (χ0n) is 11.7. The van der Waals surface area contributed by atoms with Gasteiger partial charge in [-0.15, -0.1) is 0 Å². The van der Waals surface area contributed by atoms with Gasteiger partial charge in [0.05, 0.1) is 16.9 Å². The largest absolute Gasteiger partial charge is 0.504 e. The second-order valence-corrected chi connectivity index (χ2v) is 4.62. The van der Waals surface area contributed by atoms with E-state index < -0.39 is 17.0 Å². The van der Waals surface area contributed by atoms with Crippen LogP contribution in [0.2, 0.25) is 0 Å². The zero-order valence-corrected chi connectivity index (χ0v) is 11.7. The molecule has 106 valence electrons. The van der Waals surface area contributed by atoms with Crippen molar-refractivity contribution in [2.75, 3.05) is 0 Å². The van der Waals surface area contributed by atoms with Crippen LogP contribution in [0.5, 0.6) is 5.75 Å². The molecule has 0 saturated carbocycles. The van der Waals surface area contributed by atoms with Gasteiger partial charge in [-0.2, -0.15) is 10.2 Å². The maximum Gasteiger partial charge on any atom is 0.220 e. The summed E-state index contributed by atoms with van der Waals surface area (Å²) >= 11 is 0. The van der Waals surface area contributed by atoms with E-state index in [1.54, 1.807) is 0 Å². The Balaban J connectivity index is 2.43. The number of aryl methyl sites for hydroxylation is 1. The molecule has 0 unspecified atom stereocenters. The maximum absolute atomic E-state index is 11.5. The molecule has 0 aliphatic heterocycles. The number of ketones is 1. The van der Waals surface area contributed by atoms with Crippen LogP contribution in [0.1, 0.15) is 22.8 Å². The van der Waals surface area contributed by atoms with Crippen LogP contribution in [0.15, 0.2) is 57.5 Å². The number of carbonyl (C=O) groups is 1. The molecule has 0 fully saturated rings. The van der Waals surface area contributed by atoms with Gasteiger partial charge in [-0.25, -0.2) is 0 Å². The number of aromatic hydroxyl groups is 1. The van der Waals surface area contributed by atoms with E-state index in [1.807, 2.05) is 31.2 Å². The average molecular weight is 282 g/mol. The lowest BCUT2D eigenvalue weighted by Crippen LogP contribution is -1.99. The van der Waals surface area contributed by atoms with Crippen LogP contribution in [0.25, 0.3) is 0 Å². The van der Waals surface area contributed by atoms with Crippen LogP contribution in [0.3, 0.4) is 0 Å². The molecule has 1 N–H and O–H groups in total. The summed E-state index contributed by atoms with van der Waals surface area (Å²) in [5.41, 5.74) is 1.39. The van der Waals surface area contributed by atoms with Crippen LogP contribution in [-0.4, -0.2) is 10.9 Å². The minimum Gasteiger partial charge on any atom is -0.504 e. The predicted molar refractivity (Wildman–Crippen MR) is 79.7 cm³/mol. The first-order valence-electron chi connectivity index (χ1n) is 6.34. The SMILES string of the molecule is CC(=O)c1cc(N=Nc2ccc(C)cc2)ccc(=O)c1O. The standard InChI is InChI=1S/C16H14N2O3/c1-10-3-5-12(6-4-10)17-18-13-7-8-15(20)16(21)14(9-13)11(2)19/h3-9H,1-2H3,(H,20,21). The van der Waals surface area contributed by atoms with E-state index in [1.165, 1.54) is 19.1 Å². The van der Waals surface area contributed by atoms with Crippen LogP contribution in [-0.2, 0) is 0 Å². The van der Waals surface area contributed by atoms with E-state index in [-0.39, 0.29) is 5.56 Å². The molecular formula is C16H14N2O3. The topological polar surface area (TPSA) is 79.1 Å². The molecule has 5 heteroatoms. The Labute approximate surface area is 121 Å². The Morgan fingerprint density at radius 2 is 1.57 bits per heavy atom. The third-order valence-corrected chi connectivity index (χ3v) is 2.88. The van der Waals surface area contributed by atoms with Crippen molar-refractivity contribution in [3.05, 3.63) is 63.8 Å². The first kappa shape index (κ1) is 14.6. The Morgan fingerprint density at radius 3 is 2.19 bits per heavy atom. The lowest BCUT2D eigenvalue weighted by Gasteiger charge is -1.95. The van der Waals surface area contributed by atoms with Crippen molar-refractivity contribution in [3.63, 3.8) is 0 Å². The molecular weight excluding hydrogens is 268 g/mol. The van der Waals surface area contributed by atoms with Gasteiger partial charge in [0.25, 0.3) is 0 Å². The highest BCUT2D eigenvalue weighted by atomic mass is 16.3. The summed E-state index contributed by atoms with van der Waals surface area (Å²) in [6, 6.07) is 11.3. The van der Waals surface area contributed by atoms with E-state index >= 15 is 0 Å². The molecule has 0 spiro atoms. The number of rotatable bonds is 3. The van der Waals surface area contributed by atoms with Crippen LogP contribution < -0.4 is 5.43 Å². The van der Waals surface area contributed by atoms with E-state index in [0.29, 0.717) is 11.4 Å². The summed E-state index contributed by atoms with van der Waals surface area (Å²) in [5.74, 6) is -0.980. The molecule has 2 rings (SSSR count). The van der Waals surface area contributed by atoms with Crippen molar-refractivity contribution in [2.24, 2.45) is 10.2 Å². The highest BCUT2D eigenvalue weighted by Crippen LogP contribution is 2.21. The summed E-state index contributed by atoms with van der Waals surface area (Å²) in [7, 11) is 0. The van der Waals surface area contributed by atoms with Crippen LogP contribution in [0.4, 0.5) is 11.4 Å². The Morgan fingerprint density at radius 1 is 1.00 bits per heavy atom. The summed E-state index contributed by atoms with van der Waals surface area (Å²) < 4.78 is 0. The van der Waals surface area contributed by atoms with Gasteiger partial charge in [0.2, 0.25) is 5.43 Å². The summed E-state index contributed by atoms with van der Waals surface area (Å²) in [5, 5.41) is 17.7. The normalized spacial score (nSPS) is 10.8. The first-order valence-corrected chi connectivity index (χ1v) is 6.34. The Kier molecular flexibility index (Phi) is 4.23. The zero-order chi connectivity index (χ0) is 15.4. The second kappa shape index (κ2) is 6.09. The smallest absolute Gasteiger partial charge is 0.220 e. The molecule has 0 aromatic heterocycles. The fourth-order valence-corrected chi connectivity index (χ4v) is 1.69. The van der Waals surface area contributed by atoms with Gasteiger partial charge in [0.1, 0.15) is 0 Å². The van der Waals surface area contributed by atoms with Crippen LogP contribution in [0, 0.1) is 6.92 Å². The predicted octanol–water partition coefficient (Wildman–Crippen LogP) is 3.68. The molecule has 0 radical (unpaired) electrons. The fourth-order valence-electron chi connectivity index (χ4n) is 1.69.